The number of ether oxygens (including phenoxy) is 2. The summed E-state index contributed by atoms with van der Waals surface area (Å²) < 4.78 is 10.5. The average Bonchev–Trinajstić information content (AvgIpc) is 2.61. The molecule has 1 atom stereocenters. The van der Waals surface area contributed by atoms with Crippen molar-refractivity contribution in [1.82, 2.24) is 5.48 Å². The van der Waals surface area contributed by atoms with Gasteiger partial charge in [0.15, 0.2) is 0 Å². The summed E-state index contributed by atoms with van der Waals surface area (Å²) in [5.74, 6) is 0.908. The molecule has 0 fully saturated rings. The maximum atomic E-state index is 11.7. The first-order chi connectivity index (χ1) is 11.7. The van der Waals surface area contributed by atoms with Gasteiger partial charge in [0.1, 0.15) is 18.1 Å². The molecule has 2 N–H and O–H groups in total. The van der Waals surface area contributed by atoms with E-state index >= 15 is 0 Å². The molecule has 2 aromatic carbocycles. The molecule has 24 heavy (non-hydrogen) atoms. The first kappa shape index (κ1) is 17.8. The van der Waals surface area contributed by atoms with Gasteiger partial charge in [0.2, 0.25) is 5.91 Å². The lowest BCUT2D eigenvalue weighted by Gasteiger charge is -2.12. The SMILES string of the molecule is COc1ccc(OC[C@H](O)CC(=O)NOCc2ccccc2)cc1. The van der Waals surface area contributed by atoms with E-state index < -0.39 is 12.0 Å². The van der Waals surface area contributed by atoms with Crippen molar-refractivity contribution >= 4 is 5.91 Å². The number of aliphatic hydroxyl groups is 1. The predicted octanol–water partition coefficient (Wildman–Crippen LogP) is 2.07. The smallest absolute Gasteiger partial charge is 0.246 e. The van der Waals surface area contributed by atoms with E-state index in [1.807, 2.05) is 30.3 Å². The lowest BCUT2D eigenvalue weighted by molar-refractivity contribution is -0.137. The zero-order valence-corrected chi connectivity index (χ0v) is 13.5. The molecule has 0 aromatic heterocycles. The fourth-order valence-electron chi connectivity index (χ4n) is 1.95. The topological polar surface area (TPSA) is 77.0 Å². The fourth-order valence-corrected chi connectivity index (χ4v) is 1.95. The average molecular weight is 331 g/mol. The molecule has 0 radical (unpaired) electrons. The van der Waals surface area contributed by atoms with Crippen LogP contribution in [0, 0.1) is 0 Å². The molecular weight excluding hydrogens is 310 g/mol. The summed E-state index contributed by atoms with van der Waals surface area (Å²) in [7, 11) is 1.58. The molecule has 6 heteroatoms. The van der Waals surface area contributed by atoms with Gasteiger partial charge in [-0.2, -0.15) is 0 Å². The first-order valence-corrected chi connectivity index (χ1v) is 7.57. The van der Waals surface area contributed by atoms with Crippen molar-refractivity contribution in [2.75, 3.05) is 13.7 Å². The van der Waals surface area contributed by atoms with Gasteiger partial charge in [-0.15, -0.1) is 0 Å². The second kappa shape index (κ2) is 9.54. The Morgan fingerprint density at radius 2 is 1.75 bits per heavy atom. The van der Waals surface area contributed by atoms with Gasteiger partial charge >= 0.3 is 0 Å². The van der Waals surface area contributed by atoms with Crippen molar-refractivity contribution in [3.05, 3.63) is 60.2 Å². The van der Waals surface area contributed by atoms with E-state index in [4.69, 9.17) is 14.3 Å². The summed E-state index contributed by atoms with van der Waals surface area (Å²) in [5.41, 5.74) is 3.25. The van der Waals surface area contributed by atoms with Crippen LogP contribution in [0.25, 0.3) is 0 Å². The van der Waals surface area contributed by atoms with Crippen molar-refractivity contribution in [1.29, 1.82) is 0 Å². The van der Waals surface area contributed by atoms with Crippen LogP contribution in [0.3, 0.4) is 0 Å². The van der Waals surface area contributed by atoms with Gasteiger partial charge in [0.25, 0.3) is 0 Å². The van der Waals surface area contributed by atoms with E-state index in [2.05, 4.69) is 5.48 Å². The molecule has 1 amide bonds. The van der Waals surface area contributed by atoms with Crippen LogP contribution in [0.4, 0.5) is 0 Å². The number of amides is 1. The van der Waals surface area contributed by atoms with Gasteiger partial charge in [-0.25, -0.2) is 5.48 Å². The highest BCUT2D eigenvalue weighted by molar-refractivity contribution is 5.75. The number of rotatable bonds is 9. The molecule has 128 valence electrons. The molecule has 2 aromatic rings. The summed E-state index contributed by atoms with van der Waals surface area (Å²) >= 11 is 0. The first-order valence-electron chi connectivity index (χ1n) is 7.57. The molecule has 0 saturated carbocycles. The zero-order valence-electron chi connectivity index (χ0n) is 13.5. The predicted molar refractivity (Wildman–Crippen MR) is 88.5 cm³/mol. The summed E-state index contributed by atoms with van der Waals surface area (Å²) in [6, 6.07) is 16.4. The van der Waals surface area contributed by atoms with Gasteiger partial charge < -0.3 is 14.6 Å². The summed E-state index contributed by atoms with van der Waals surface area (Å²) in [4.78, 5) is 16.8. The molecule has 2 rings (SSSR count). The molecule has 0 saturated heterocycles. The normalized spacial score (nSPS) is 11.6. The monoisotopic (exact) mass is 331 g/mol. The minimum atomic E-state index is -0.924. The highest BCUT2D eigenvalue weighted by Crippen LogP contribution is 2.17. The standard InChI is InChI=1S/C18H21NO5/c1-22-16-7-9-17(10-8-16)23-13-15(20)11-18(21)19-24-12-14-5-3-2-4-6-14/h2-10,15,20H,11-13H2,1H3,(H,19,21)/t15-/m1/s1. The fraction of sp³-hybridized carbons (Fsp3) is 0.278. The van der Waals surface area contributed by atoms with Crippen LogP contribution in [-0.2, 0) is 16.2 Å². The van der Waals surface area contributed by atoms with Crippen molar-refractivity contribution in [2.24, 2.45) is 0 Å². The van der Waals surface area contributed by atoms with Crippen LogP contribution < -0.4 is 15.0 Å². The van der Waals surface area contributed by atoms with Crippen LogP contribution in [0.2, 0.25) is 0 Å². The van der Waals surface area contributed by atoms with Crippen LogP contribution >= 0.6 is 0 Å². The quantitative estimate of drug-likeness (QED) is 0.688. The molecule has 0 unspecified atom stereocenters. The van der Waals surface area contributed by atoms with Gasteiger partial charge in [-0.3, -0.25) is 9.63 Å². The van der Waals surface area contributed by atoms with Crippen molar-refractivity contribution in [3.8, 4) is 11.5 Å². The van der Waals surface area contributed by atoms with E-state index in [0.29, 0.717) is 5.75 Å². The maximum Gasteiger partial charge on any atom is 0.246 e. The number of carbonyl (C=O) groups excluding carboxylic acids is 1. The molecule has 0 heterocycles. The Labute approximate surface area is 140 Å². The number of benzene rings is 2. The van der Waals surface area contributed by atoms with Crippen LogP contribution in [0.15, 0.2) is 54.6 Å². The van der Waals surface area contributed by atoms with Crippen molar-refractivity contribution < 1.29 is 24.2 Å². The largest absolute Gasteiger partial charge is 0.497 e. The Balaban J connectivity index is 1.63. The van der Waals surface area contributed by atoms with Crippen molar-refractivity contribution in [3.63, 3.8) is 0 Å². The Kier molecular flexibility index (Phi) is 7.07. The number of hydrogen-bond acceptors (Lipinski definition) is 5. The maximum absolute atomic E-state index is 11.7. The highest BCUT2D eigenvalue weighted by atomic mass is 16.6. The molecule has 6 nitrogen and oxygen atoms in total. The number of aliphatic hydroxyl groups excluding tert-OH is 1. The van der Waals surface area contributed by atoms with E-state index in [9.17, 15) is 9.90 Å². The third kappa shape index (κ3) is 6.28. The third-order valence-electron chi connectivity index (χ3n) is 3.19. The van der Waals surface area contributed by atoms with Gasteiger partial charge in [0, 0.05) is 0 Å². The number of hydrogen-bond donors (Lipinski definition) is 2. The Bertz CT molecular complexity index is 615. The van der Waals surface area contributed by atoms with Gasteiger partial charge in [-0.1, -0.05) is 30.3 Å². The van der Waals surface area contributed by atoms with Gasteiger partial charge in [-0.05, 0) is 29.8 Å². The molecule has 0 aliphatic heterocycles. The Morgan fingerprint density at radius 3 is 2.42 bits per heavy atom. The number of carbonyl (C=O) groups is 1. The van der Waals surface area contributed by atoms with E-state index in [1.165, 1.54) is 0 Å². The summed E-state index contributed by atoms with van der Waals surface area (Å²) in [6.07, 6.45) is -1.03. The zero-order chi connectivity index (χ0) is 17.2. The van der Waals surface area contributed by atoms with Crippen LogP contribution in [0.5, 0.6) is 11.5 Å². The van der Waals surface area contributed by atoms with Crippen molar-refractivity contribution in [2.45, 2.75) is 19.1 Å². The lowest BCUT2D eigenvalue weighted by Crippen LogP contribution is -2.30. The molecule has 0 bridgehead atoms. The second-order valence-electron chi connectivity index (χ2n) is 5.14. The minimum absolute atomic E-state index is 0.0123. The minimum Gasteiger partial charge on any atom is -0.497 e. The second-order valence-corrected chi connectivity index (χ2v) is 5.14. The molecule has 0 spiro atoms. The Morgan fingerprint density at radius 1 is 1.08 bits per heavy atom. The summed E-state index contributed by atoms with van der Waals surface area (Å²) in [6.45, 7) is 0.281. The summed E-state index contributed by atoms with van der Waals surface area (Å²) in [5, 5.41) is 9.83. The van der Waals surface area contributed by atoms with Crippen LogP contribution in [-0.4, -0.2) is 30.8 Å². The lowest BCUT2D eigenvalue weighted by atomic mass is 10.2. The molecule has 0 aliphatic rings. The van der Waals surface area contributed by atoms with E-state index in [-0.39, 0.29) is 19.6 Å². The number of nitrogens with one attached hydrogen (secondary N) is 1. The highest BCUT2D eigenvalue weighted by Gasteiger charge is 2.12. The van der Waals surface area contributed by atoms with Gasteiger partial charge in [0.05, 0.1) is 26.2 Å². The number of hydroxylamine groups is 1. The third-order valence-corrected chi connectivity index (χ3v) is 3.19. The van der Waals surface area contributed by atoms with E-state index in [0.717, 1.165) is 11.3 Å². The Hall–Kier alpha value is -2.57. The van der Waals surface area contributed by atoms with E-state index in [1.54, 1.807) is 31.4 Å². The number of methoxy groups -OCH3 is 1. The molecule has 0 aliphatic carbocycles. The van der Waals surface area contributed by atoms with Crippen LogP contribution in [0.1, 0.15) is 12.0 Å². The molecular formula is C18H21NO5.